The van der Waals surface area contributed by atoms with E-state index >= 15 is 0 Å². The molecular weight excluding hydrogens is 605 g/mol. The molecular formula is C48H32N2. The van der Waals surface area contributed by atoms with Crippen molar-refractivity contribution in [3.05, 3.63) is 194 Å². The molecule has 0 aliphatic carbocycles. The van der Waals surface area contributed by atoms with Crippen LogP contribution in [-0.4, -0.2) is 9.13 Å². The molecule has 2 nitrogen and oxygen atoms in total. The van der Waals surface area contributed by atoms with Gasteiger partial charge in [0.15, 0.2) is 0 Å². The van der Waals surface area contributed by atoms with Crippen molar-refractivity contribution in [1.82, 2.24) is 9.13 Å². The summed E-state index contributed by atoms with van der Waals surface area (Å²) in [6.45, 7) is 0. The Balaban J connectivity index is 1.23. The third kappa shape index (κ3) is 4.50. The monoisotopic (exact) mass is 636 g/mol. The van der Waals surface area contributed by atoms with Crippen LogP contribution in [0.4, 0.5) is 0 Å². The van der Waals surface area contributed by atoms with E-state index in [1.807, 2.05) is 0 Å². The molecule has 0 amide bonds. The van der Waals surface area contributed by atoms with Crippen LogP contribution in [-0.2, 0) is 0 Å². The molecule has 50 heavy (non-hydrogen) atoms. The van der Waals surface area contributed by atoms with E-state index in [0.29, 0.717) is 0 Å². The Bertz CT molecular complexity index is 2840. The van der Waals surface area contributed by atoms with E-state index in [1.165, 1.54) is 82.7 Å². The summed E-state index contributed by atoms with van der Waals surface area (Å²) in [5, 5.41) is 5.03. The first kappa shape index (κ1) is 28.4. The van der Waals surface area contributed by atoms with Gasteiger partial charge in [0.25, 0.3) is 0 Å². The predicted molar refractivity (Wildman–Crippen MR) is 211 cm³/mol. The summed E-state index contributed by atoms with van der Waals surface area (Å²) in [4.78, 5) is 0. The van der Waals surface area contributed by atoms with Crippen molar-refractivity contribution in [3.63, 3.8) is 0 Å². The van der Waals surface area contributed by atoms with Crippen molar-refractivity contribution in [2.75, 3.05) is 0 Å². The van der Waals surface area contributed by atoms with E-state index in [0.717, 1.165) is 5.69 Å². The molecule has 2 aromatic heterocycles. The summed E-state index contributed by atoms with van der Waals surface area (Å²) in [7, 11) is 0. The van der Waals surface area contributed by atoms with Gasteiger partial charge in [0.1, 0.15) is 0 Å². The summed E-state index contributed by atoms with van der Waals surface area (Å²) in [5.41, 5.74) is 14.4. The standard InChI is InChI=1S/C48H32N2/c1-4-15-33(16-5-1)35-29-36(34-27-28-46-43(32-34)41-21-10-12-24-44(41)49(46)38-17-6-2-7-18-38)31-37(30-35)40-23-14-26-47-48(40)42-22-11-13-25-45(42)50(47)39-19-8-3-9-20-39/h1-32H. The summed E-state index contributed by atoms with van der Waals surface area (Å²) in [6.07, 6.45) is 0. The van der Waals surface area contributed by atoms with E-state index in [9.17, 15) is 0 Å². The Labute approximate surface area is 290 Å². The molecule has 0 aliphatic heterocycles. The maximum absolute atomic E-state index is 2.40. The first-order valence-electron chi connectivity index (χ1n) is 17.2. The van der Waals surface area contributed by atoms with Gasteiger partial charge < -0.3 is 9.13 Å². The Morgan fingerprint density at radius 1 is 0.260 bits per heavy atom. The summed E-state index contributed by atoms with van der Waals surface area (Å²) in [6, 6.07) is 70.5. The highest BCUT2D eigenvalue weighted by Gasteiger charge is 2.18. The minimum absolute atomic E-state index is 1.16. The van der Waals surface area contributed by atoms with Gasteiger partial charge in [0.2, 0.25) is 0 Å². The average molecular weight is 637 g/mol. The van der Waals surface area contributed by atoms with Gasteiger partial charge in [-0.15, -0.1) is 0 Å². The van der Waals surface area contributed by atoms with Crippen LogP contribution in [0, 0.1) is 0 Å². The van der Waals surface area contributed by atoms with Crippen molar-refractivity contribution < 1.29 is 0 Å². The first-order valence-corrected chi connectivity index (χ1v) is 17.2. The zero-order chi connectivity index (χ0) is 33.0. The molecule has 0 aliphatic rings. The molecule has 0 radical (unpaired) electrons. The molecule has 0 atom stereocenters. The average Bonchev–Trinajstić information content (AvgIpc) is 3.71. The lowest BCUT2D eigenvalue weighted by Gasteiger charge is -2.13. The molecule has 0 spiro atoms. The van der Waals surface area contributed by atoms with Gasteiger partial charge in [-0.3, -0.25) is 0 Å². The number of benzene rings is 8. The molecule has 0 saturated carbocycles. The van der Waals surface area contributed by atoms with Crippen LogP contribution >= 0.6 is 0 Å². The van der Waals surface area contributed by atoms with Crippen LogP contribution in [0.15, 0.2) is 194 Å². The zero-order valence-corrected chi connectivity index (χ0v) is 27.4. The number of para-hydroxylation sites is 4. The van der Waals surface area contributed by atoms with Gasteiger partial charge >= 0.3 is 0 Å². The maximum atomic E-state index is 2.40. The molecule has 0 N–H and O–H groups in total. The second kappa shape index (κ2) is 11.5. The third-order valence-corrected chi connectivity index (χ3v) is 10.1. The Morgan fingerprint density at radius 3 is 1.46 bits per heavy atom. The van der Waals surface area contributed by atoms with Crippen molar-refractivity contribution in [2.45, 2.75) is 0 Å². The van der Waals surface area contributed by atoms with Crippen LogP contribution in [0.1, 0.15) is 0 Å². The lowest BCUT2D eigenvalue weighted by molar-refractivity contribution is 1.18. The topological polar surface area (TPSA) is 9.86 Å². The van der Waals surface area contributed by atoms with Gasteiger partial charge in [0.05, 0.1) is 22.1 Å². The number of fused-ring (bicyclic) bond motifs is 6. The molecule has 10 aromatic rings. The second-order valence-corrected chi connectivity index (χ2v) is 13.0. The van der Waals surface area contributed by atoms with E-state index in [-0.39, 0.29) is 0 Å². The van der Waals surface area contributed by atoms with E-state index in [1.54, 1.807) is 0 Å². The molecule has 10 rings (SSSR count). The van der Waals surface area contributed by atoms with Crippen molar-refractivity contribution in [2.24, 2.45) is 0 Å². The third-order valence-electron chi connectivity index (χ3n) is 10.1. The molecule has 2 heterocycles. The molecule has 0 bridgehead atoms. The Hall–Kier alpha value is -6.64. The minimum atomic E-state index is 1.16. The molecule has 234 valence electrons. The highest BCUT2D eigenvalue weighted by Crippen LogP contribution is 2.42. The molecule has 0 fully saturated rings. The lowest BCUT2D eigenvalue weighted by atomic mass is 9.91. The fraction of sp³-hybridized carbons (Fsp3) is 0. The van der Waals surface area contributed by atoms with Crippen LogP contribution in [0.25, 0.3) is 88.4 Å². The highest BCUT2D eigenvalue weighted by atomic mass is 15.0. The smallest absolute Gasteiger partial charge is 0.0547 e. The molecule has 0 unspecified atom stereocenters. The molecule has 2 heteroatoms. The highest BCUT2D eigenvalue weighted by molar-refractivity contribution is 6.16. The molecule has 8 aromatic carbocycles. The first-order chi connectivity index (χ1) is 24.8. The van der Waals surface area contributed by atoms with Crippen molar-refractivity contribution >= 4 is 43.6 Å². The SMILES string of the molecule is c1ccc(-c2cc(-c3ccc4c(c3)c3ccccc3n4-c3ccccc3)cc(-c3cccc4c3c3ccccc3n4-c3ccccc3)c2)cc1. The van der Waals surface area contributed by atoms with Gasteiger partial charge in [-0.05, 0) is 106 Å². The van der Waals surface area contributed by atoms with Crippen LogP contribution < -0.4 is 0 Å². The van der Waals surface area contributed by atoms with Crippen LogP contribution in [0.5, 0.6) is 0 Å². The fourth-order valence-corrected chi connectivity index (χ4v) is 7.87. The van der Waals surface area contributed by atoms with Gasteiger partial charge in [-0.25, -0.2) is 0 Å². The van der Waals surface area contributed by atoms with Gasteiger partial charge in [0, 0.05) is 32.9 Å². The summed E-state index contributed by atoms with van der Waals surface area (Å²) in [5.74, 6) is 0. The van der Waals surface area contributed by atoms with E-state index in [4.69, 9.17) is 0 Å². The van der Waals surface area contributed by atoms with E-state index < -0.39 is 0 Å². The van der Waals surface area contributed by atoms with Gasteiger partial charge in [-0.2, -0.15) is 0 Å². The zero-order valence-electron chi connectivity index (χ0n) is 27.4. The predicted octanol–water partition coefficient (Wildman–Crippen LogP) is 12.9. The number of aromatic nitrogens is 2. The van der Waals surface area contributed by atoms with Crippen LogP contribution in [0.2, 0.25) is 0 Å². The van der Waals surface area contributed by atoms with Crippen molar-refractivity contribution in [1.29, 1.82) is 0 Å². The normalized spacial score (nSPS) is 11.6. The van der Waals surface area contributed by atoms with Crippen LogP contribution in [0.3, 0.4) is 0 Å². The van der Waals surface area contributed by atoms with Crippen molar-refractivity contribution in [3.8, 4) is 44.8 Å². The summed E-state index contributed by atoms with van der Waals surface area (Å²) >= 11 is 0. The maximum Gasteiger partial charge on any atom is 0.0547 e. The second-order valence-electron chi connectivity index (χ2n) is 13.0. The number of hydrogen-bond acceptors (Lipinski definition) is 0. The fourth-order valence-electron chi connectivity index (χ4n) is 7.87. The van der Waals surface area contributed by atoms with Gasteiger partial charge in [-0.1, -0.05) is 121 Å². The van der Waals surface area contributed by atoms with E-state index in [2.05, 4.69) is 203 Å². The number of nitrogens with zero attached hydrogens (tertiary/aromatic N) is 2. The molecule has 0 saturated heterocycles. The largest absolute Gasteiger partial charge is 0.309 e. The number of hydrogen-bond donors (Lipinski definition) is 0. The lowest BCUT2D eigenvalue weighted by Crippen LogP contribution is -1.93. The quantitative estimate of drug-likeness (QED) is 0.178. The number of rotatable bonds is 5. The Kier molecular flexibility index (Phi) is 6.53. The minimum Gasteiger partial charge on any atom is -0.309 e. The Morgan fingerprint density at radius 2 is 0.760 bits per heavy atom. The summed E-state index contributed by atoms with van der Waals surface area (Å²) < 4.78 is 4.77.